The third kappa shape index (κ3) is 2.57. The van der Waals surface area contributed by atoms with Gasteiger partial charge in [0.2, 0.25) is 0 Å². The zero-order chi connectivity index (χ0) is 16.7. The number of hydrogen-bond acceptors (Lipinski definition) is 3. The van der Waals surface area contributed by atoms with Crippen LogP contribution in [-0.4, -0.2) is 11.0 Å². The average Bonchev–Trinajstić information content (AvgIpc) is 2.79. The number of carbonyl (C=O) groups excluding carboxylic acids is 1. The summed E-state index contributed by atoms with van der Waals surface area (Å²) in [6.07, 6.45) is 5.62. The Balaban J connectivity index is 2.24. The molecule has 0 aliphatic carbocycles. The van der Waals surface area contributed by atoms with Crippen molar-refractivity contribution in [2.75, 3.05) is 10.2 Å². The molecule has 118 valence electrons. The molecular formula is C18H19N3OS. The minimum atomic E-state index is -0.144. The highest BCUT2D eigenvalue weighted by Gasteiger charge is 2.30. The van der Waals surface area contributed by atoms with Gasteiger partial charge in [0, 0.05) is 16.8 Å². The number of hydrogen-bond donors (Lipinski definition) is 1. The highest BCUT2D eigenvalue weighted by Crippen LogP contribution is 2.44. The van der Waals surface area contributed by atoms with Gasteiger partial charge in [0.25, 0.3) is 0 Å². The summed E-state index contributed by atoms with van der Waals surface area (Å²) in [6, 6.07) is 1.75. The monoisotopic (exact) mass is 325 g/mol. The first-order valence-corrected chi connectivity index (χ1v) is 8.22. The van der Waals surface area contributed by atoms with E-state index in [9.17, 15) is 4.79 Å². The van der Waals surface area contributed by atoms with Gasteiger partial charge in [-0.05, 0) is 39.8 Å². The molecule has 0 saturated carbocycles. The van der Waals surface area contributed by atoms with E-state index in [0.717, 1.165) is 43.3 Å². The van der Waals surface area contributed by atoms with Crippen LogP contribution in [0.25, 0.3) is 10.2 Å². The van der Waals surface area contributed by atoms with Crippen molar-refractivity contribution in [3.63, 3.8) is 0 Å². The largest absolute Gasteiger partial charge is 0.331 e. The van der Waals surface area contributed by atoms with Crippen LogP contribution in [0, 0.1) is 6.92 Å². The highest BCUT2D eigenvalue weighted by molar-refractivity contribution is 7.19. The van der Waals surface area contributed by atoms with Crippen molar-refractivity contribution in [1.82, 2.24) is 4.98 Å². The molecule has 1 aliphatic rings. The third-order valence-electron chi connectivity index (χ3n) is 3.70. The number of anilines is 2. The third-order valence-corrected chi connectivity index (χ3v) is 4.71. The van der Waals surface area contributed by atoms with Crippen molar-refractivity contribution in [3.05, 3.63) is 52.7 Å². The number of aromatic nitrogens is 1. The molecule has 3 heterocycles. The van der Waals surface area contributed by atoms with Crippen LogP contribution in [0.2, 0.25) is 0 Å². The van der Waals surface area contributed by atoms with Crippen LogP contribution in [0.15, 0.2) is 47.8 Å². The molecule has 2 aromatic heterocycles. The van der Waals surface area contributed by atoms with Gasteiger partial charge in [-0.2, -0.15) is 0 Å². The number of nitrogens with zero attached hydrogens (tertiary/aromatic N) is 2. The standard InChI is InChI=1S/C18H19N3OS/c1-10(2)6-7-13(11(3)4)21-14-8-9-19-17-15(14)16(12(5)23-17)20-18(21)22/h6-9H,1H2,2-5H3,(H,20,22)/b7-6-. The highest BCUT2D eigenvalue weighted by atomic mass is 32.1. The average molecular weight is 325 g/mol. The number of amides is 2. The second-order valence-electron chi connectivity index (χ2n) is 5.87. The van der Waals surface area contributed by atoms with E-state index in [1.165, 1.54) is 0 Å². The normalized spacial score (nSPS) is 13.6. The molecule has 2 amide bonds. The van der Waals surface area contributed by atoms with Gasteiger partial charge in [0.05, 0.1) is 16.8 Å². The van der Waals surface area contributed by atoms with Gasteiger partial charge in [0.1, 0.15) is 4.83 Å². The summed E-state index contributed by atoms with van der Waals surface area (Å²) in [7, 11) is 0. The van der Waals surface area contributed by atoms with Crippen molar-refractivity contribution in [2.45, 2.75) is 27.7 Å². The fourth-order valence-corrected chi connectivity index (χ4v) is 3.62. The predicted molar refractivity (Wildman–Crippen MR) is 98.2 cm³/mol. The molecule has 0 radical (unpaired) electrons. The number of thiophene rings is 1. The van der Waals surface area contributed by atoms with E-state index in [0.29, 0.717) is 0 Å². The molecule has 0 spiro atoms. The summed E-state index contributed by atoms with van der Waals surface area (Å²) in [6.45, 7) is 11.8. The SMILES string of the molecule is C=C(C)/C=C\C(=C(C)C)N1C(=O)Nc2c(C)sc3nccc1c23. The number of rotatable bonds is 3. The maximum Gasteiger partial charge on any atom is 0.331 e. The van der Waals surface area contributed by atoms with Gasteiger partial charge >= 0.3 is 6.03 Å². The number of allylic oxidation sites excluding steroid dienone is 4. The molecule has 0 saturated heterocycles. The summed E-state index contributed by atoms with van der Waals surface area (Å²) in [4.78, 5) is 20.9. The van der Waals surface area contributed by atoms with Crippen LogP contribution in [-0.2, 0) is 0 Å². The second-order valence-corrected chi connectivity index (χ2v) is 7.08. The Kier molecular flexibility index (Phi) is 3.82. The first-order valence-electron chi connectivity index (χ1n) is 7.40. The minimum absolute atomic E-state index is 0.144. The Morgan fingerprint density at radius 3 is 2.74 bits per heavy atom. The van der Waals surface area contributed by atoms with E-state index in [1.54, 1.807) is 22.4 Å². The lowest BCUT2D eigenvalue weighted by atomic mass is 10.1. The molecule has 4 nitrogen and oxygen atoms in total. The van der Waals surface area contributed by atoms with Crippen molar-refractivity contribution < 1.29 is 4.79 Å². The van der Waals surface area contributed by atoms with E-state index in [-0.39, 0.29) is 6.03 Å². The van der Waals surface area contributed by atoms with Crippen molar-refractivity contribution >= 4 is 39.0 Å². The Morgan fingerprint density at radius 1 is 1.35 bits per heavy atom. The first kappa shape index (κ1) is 15.5. The van der Waals surface area contributed by atoms with Gasteiger partial charge < -0.3 is 5.32 Å². The van der Waals surface area contributed by atoms with E-state index >= 15 is 0 Å². The predicted octanol–water partition coefficient (Wildman–Crippen LogP) is 5.38. The fourth-order valence-electron chi connectivity index (χ4n) is 2.65. The molecule has 0 unspecified atom stereocenters. The quantitative estimate of drug-likeness (QED) is 0.770. The van der Waals surface area contributed by atoms with Gasteiger partial charge in [-0.3, -0.25) is 4.90 Å². The Bertz CT molecular complexity index is 885. The van der Waals surface area contributed by atoms with Crippen LogP contribution in [0.5, 0.6) is 0 Å². The summed E-state index contributed by atoms with van der Waals surface area (Å²) >= 11 is 1.60. The molecule has 0 aromatic carbocycles. The van der Waals surface area contributed by atoms with Crippen molar-refractivity contribution in [2.24, 2.45) is 0 Å². The number of aryl methyl sites for hydroxylation is 1. The maximum atomic E-state index is 12.7. The van der Waals surface area contributed by atoms with Crippen LogP contribution in [0.1, 0.15) is 25.6 Å². The molecule has 1 N–H and O–H groups in total. The molecule has 3 rings (SSSR count). The minimum Gasteiger partial charge on any atom is -0.305 e. The lowest BCUT2D eigenvalue weighted by Crippen LogP contribution is -2.37. The topological polar surface area (TPSA) is 45.2 Å². The van der Waals surface area contributed by atoms with Crippen LogP contribution < -0.4 is 10.2 Å². The molecule has 0 fully saturated rings. The van der Waals surface area contributed by atoms with Crippen LogP contribution >= 0.6 is 11.3 Å². The molecule has 0 atom stereocenters. The molecule has 5 heteroatoms. The summed E-state index contributed by atoms with van der Waals surface area (Å²) in [5, 5.41) is 4.02. The fraction of sp³-hybridized carbons (Fsp3) is 0.222. The smallest absolute Gasteiger partial charge is 0.305 e. The second kappa shape index (κ2) is 5.66. The van der Waals surface area contributed by atoms with Gasteiger partial charge in [-0.1, -0.05) is 23.8 Å². The number of pyridine rings is 1. The Hall–Kier alpha value is -2.40. The van der Waals surface area contributed by atoms with E-state index in [2.05, 4.69) is 16.9 Å². The Morgan fingerprint density at radius 2 is 2.09 bits per heavy atom. The van der Waals surface area contributed by atoms with E-state index < -0.39 is 0 Å². The van der Waals surface area contributed by atoms with Crippen LogP contribution in [0.4, 0.5) is 16.2 Å². The summed E-state index contributed by atoms with van der Waals surface area (Å²) in [5.74, 6) is 0. The number of urea groups is 1. The molecule has 0 bridgehead atoms. The van der Waals surface area contributed by atoms with Crippen LogP contribution in [0.3, 0.4) is 0 Å². The summed E-state index contributed by atoms with van der Waals surface area (Å²) in [5.41, 5.74) is 4.60. The van der Waals surface area contributed by atoms with E-state index in [1.807, 2.05) is 45.9 Å². The van der Waals surface area contributed by atoms with Crippen molar-refractivity contribution in [1.29, 1.82) is 0 Å². The molecule has 1 aliphatic heterocycles. The van der Waals surface area contributed by atoms with Gasteiger partial charge in [0.15, 0.2) is 0 Å². The van der Waals surface area contributed by atoms with Gasteiger partial charge in [-0.15, -0.1) is 11.3 Å². The Labute approximate surface area is 139 Å². The lowest BCUT2D eigenvalue weighted by molar-refractivity contribution is 0.258. The maximum absolute atomic E-state index is 12.7. The molecular weight excluding hydrogens is 306 g/mol. The van der Waals surface area contributed by atoms with E-state index in [4.69, 9.17) is 0 Å². The first-order chi connectivity index (χ1) is 10.9. The van der Waals surface area contributed by atoms with Gasteiger partial charge in [-0.25, -0.2) is 9.78 Å². The number of nitrogens with one attached hydrogen (secondary N) is 1. The zero-order valence-corrected chi connectivity index (χ0v) is 14.5. The van der Waals surface area contributed by atoms with Crippen molar-refractivity contribution in [3.8, 4) is 0 Å². The summed E-state index contributed by atoms with van der Waals surface area (Å²) < 4.78 is 0. The lowest BCUT2D eigenvalue weighted by Gasteiger charge is -2.30. The zero-order valence-electron chi connectivity index (χ0n) is 13.7. The molecule has 2 aromatic rings. The molecule has 23 heavy (non-hydrogen) atoms. The number of carbonyl (C=O) groups is 1.